The number of alkyl carbamates (subject to hydrolysis) is 1. The Balaban J connectivity index is 1.75. The largest absolute Gasteiger partial charge is 0.444 e. The second-order valence-electron chi connectivity index (χ2n) is 8.52. The van der Waals surface area contributed by atoms with E-state index in [0.29, 0.717) is 32.0 Å². The molecule has 1 unspecified atom stereocenters. The van der Waals surface area contributed by atoms with Crippen molar-refractivity contribution in [1.82, 2.24) is 15.1 Å². The van der Waals surface area contributed by atoms with E-state index >= 15 is 0 Å². The number of anilines is 1. The zero-order valence-corrected chi connectivity index (χ0v) is 21.1. The molecule has 2 N–H and O–H groups in total. The zero-order valence-electron chi connectivity index (χ0n) is 18.8. The summed E-state index contributed by atoms with van der Waals surface area (Å²) in [7, 11) is 1.77. The summed E-state index contributed by atoms with van der Waals surface area (Å²) in [5.74, 6) is -0.764. The molecule has 3 aromatic rings. The number of amides is 2. The third-order valence-corrected chi connectivity index (χ3v) is 6.22. The average Bonchev–Trinajstić information content (AvgIpc) is 3.24. The van der Waals surface area contributed by atoms with Crippen molar-refractivity contribution in [2.24, 2.45) is 13.0 Å². The van der Waals surface area contributed by atoms with E-state index in [-0.39, 0.29) is 12.5 Å². The number of ether oxygens (including phenoxy) is 1. The van der Waals surface area contributed by atoms with Gasteiger partial charge in [-0.15, -0.1) is 11.3 Å². The molecule has 0 aliphatic heterocycles. The minimum Gasteiger partial charge on any atom is -0.444 e. The van der Waals surface area contributed by atoms with Gasteiger partial charge in [0, 0.05) is 19.2 Å². The summed E-state index contributed by atoms with van der Waals surface area (Å²) in [4.78, 5) is 25.3. The fourth-order valence-corrected chi connectivity index (χ4v) is 4.65. The number of aromatic nitrogens is 2. The summed E-state index contributed by atoms with van der Waals surface area (Å²) in [6.07, 6.45) is 1.42. The standard InChI is InChI=1S/C23H26Cl2N4O3S/c1-23(2,3)32-22(31)26-12-15(10-14-8-6-5-7-9-14)21(30)28-18-11-16(20(25)33-18)19-17(24)13-27-29(19)4/h5-9,11,13,15H,10,12H2,1-4H3,(H,26,31)(H,28,30). The lowest BCUT2D eigenvalue weighted by atomic mass is 9.98. The van der Waals surface area contributed by atoms with Crippen LogP contribution in [0.25, 0.3) is 11.3 Å². The van der Waals surface area contributed by atoms with Gasteiger partial charge < -0.3 is 15.4 Å². The molecule has 2 amide bonds. The minimum absolute atomic E-state index is 0.120. The van der Waals surface area contributed by atoms with Crippen molar-refractivity contribution in [3.05, 3.63) is 57.5 Å². The van der Waals surface area contributed by atoms with Crippen LogP contribution >= 0.6 is 34.5 Å². The SMILES string of the molecule is Cn1ncc(Cl)c1-c1cc(NC(=O)C(CNC(=O)OC(C)(C)C)Cc2ccccc2)sc1Cl. The molecule has 2 aromatic heterocycles. The molecule has 3 rings (SSSR count). The van der Waals surface area contributed by atoms with Crippen LogP contribution in [0.1, 0.15) is 26.3 Å². The van der Waals surface area contributed by atoms with Crippen molar-refractivity contribution >= 4 is 51.5 Å². The smallest absolute Gasteiger partial charge is 0.407 e. The lowest BCUT2D eigenvalue weighted by Crippen LogP contribution is -2.39. The van der Waals surface area contributed by atoms with E-state index in [9.17, 15) is 9.59 Å². The van der Waals surface area contributed by atoms with Gasteiger partial charge >= 0.3 is 6.09 Å². The highest BCUT2D eigenvalue weighted by molar-refractivity contribution is 7.20. The maximum atomic E-state index is 13.2. The Morgan fingerprint density at radius 2 is 1.91 bits per heavy atom. The molecular weight excluding hydrogens is 483 g/mol. The van der Waals surface area contributed by atoms with Crippen LogP contribution < -0.4 is 10.6 Å². The van der Waals surface area contributed by atoms with Gasteiger partial charge in [0.15, 0.2) is 0 Å². The van der Waals surface area contributed by atoms with Crippen molar-refractivity contribution in [3.63, 3.8) is 0 Å². The topological polar surface area (TPSA) is 85.3 Å². The van der Waals surface area contributed by atoms with Crippen LogP contribution in [-0.4, -0.2) is 33.9 Å². The fourth-order valence-electron chi connectivity index (χ4n) is 3.21. The van der Waals surface area contributed by atoms with Crippen LogP contribution in [0.3, 0.4) is 0 Å². The number of nitrogens with zero attached hydrogens (tertiary/aromatic N) is 2. The second-order valence-corrected chi connectivity index (χ2v) is 10.6. The van der Waals surface area contributed by atoms with Gasteiger partial charge in [0.25, 0.3) is 0 Å². The molecule has 0 saturated heterocycles. The van der Waals surface area contributed by atoms with Gasteiger partial charge in [0.1, 0.15) is 9.94 Å². The average molecular weight is 509 g/mol. The number of carbonyl (C=O) groups is 2. The molecule has 0 aliphatic rings. The van der Waals surface area contributed by atoms with Crippen molar-refractivity contribution in [2.45, 2.75) is 32.8 Å². The molecule has 0 radical (unpaired) electrons. The number of hydrogen-bond donors (Lipinski definition) is 2. The molecular formula is C23H26Cl2N4O3S. The summed E-state index contributed by atoms with van der Waals surface area (Å²) in [6.45, 7) is 5.48. The van der Waals surface area contributed by atoms with Crippen molar-refractivity contribution in [2.75, 3.05) is 11.9 Å². The molecule has 1 atom stereocenters. The third kappa shape index (κ3) is 6.96. The number of rotatable bonds is 7. The number of benzene rings is 1. The highest BCUT2D eigenvalue weighted by atomic mass is 35.5. The van der Waals surface area contributed by atoms with Gasteiger partial charge in [-0.25, -0.2) is 4.79 Å². The molecule has 0 aliphatic carbocycles. The number of thiophene rings is 1. The molecule has 0 fully saturated rings. The number of aryl methyl sites for hydroxylation is 1. The van der Waals surface area contributed by atoms with Crippen LogP contribution in [0.15, 0.2) is 42.6 Å². The number of carbonyl (C=O) groups excluding carboxylic acids is 2. The lowest BCUT2D eigenvalue weighted by molar-refractivity contribution is -0.119. The summed E-state index contributed by atoms with van der Waals surface area (Å²) in [5.41, 5.74) is 1.72. The number of halogens is 2. The molecule has 0 bridgehead atoms. The minimum atomic E-state index is -0.627. The van der Waals surface area contributed by atoms with Gasteiger partial charge in [0.2, 0.25) is 5.91 Å². The Kier molecular flexibility index (Phi) is 8.05. The second kappa shape index (κ2) is 10.6. The molecule has 33 heavy (non-hydrogen) atoms. The maximum absolute atomic E-state index is 13.2. The Morgan fingerprint density at radius 3 is 2.52 bits per heavy atom. The lowest BCUT2D eigenvalue weighted by Gasteiger charge is -2.22. The molecule has 1 aromatic carbocycles. The molecule has 2 heterocycles. The van der Waals surface area contributed by atoms with Gasteiger partial charge in [0.05, 0.1) is 27.8 Å². The first-order chi connectivity index (χ1) is 15.5. The molecule has 0 spiro atoms. The highest BCUT2D eigenvalue weighted by Gasteiger charge is 2.24. The molecule has 0 saturated carbocycles. The van der Waals surface area contributed by atoms with E-state index in [0.717, 1.165) is 5.56 Å². The normalized spacial score (nSPS) is 12.3. The van der Waals surface area contributed by atoms with E-state index in [4.69, 9.17) is 27.9 Å². The summed E-state index contributed by atoms with van der Waals surface area (Å²) in [6, 6.07) is 11.4. The third-order valence-electron chi connectivity index (χ3n) is 4.67. The van der Waals surface area contributed by atoms with Gasteiger partial charge in [-0.05, 0) is 38.8 Å². The fraction of sp³-hybridized carbons (Fsp3) is 0.348. The van der Waals surface area contributed by atoms with Crippen LogP contribution in [-0.2, 0) is 23.0 Å². The van der Waals surface area contributed by atoms with Crippen LogP contribution in [0.4, 0.5) is 9.80 Å². The predicted molar refractivity (Wildman–Crippen MR) is 133 cm³/mol. The van der Waals surface area contributed by atoms with Gasteiger partial charge in [-0.1, -0.05) is 53.5 Å². The Hall–Kier alpha value is -2.55. The van der Waals surface area contributed by atoms with Crippen molar-refractivity contribution in [1.29, 1.82) is 0 Å². The Morgan fingerprint density at radius 1 is 1.21 bits per heavy atom. The van der Waals surface area contributed by atoms with E-state index in [2.05, 4.69) is 15.7 Å². The van der Waals surface area contributed by atoms with Crippen molar-refractivity contribution in [3.8, 4) is 11.3 Å². The van der Waals surface area contributed by atoms with Crippen LogP contribution in [0, 0.1) is 5.92 Å². The van der Waals surface area contributed by atoms with E-state index in [1.165, 1.54) is 11.3 Å². The molecule has 176 valence electrons. The summed E-state index contributed by atoms with van der Waals surface area (Å²) < 4.78 is 7.42. The Labute approximate surface area is 207 Å². The van der Waals surface area contributed by atoms with E-state index in [1.54, 1.807) is 44.8 Å². The predicted octanol–water partition coefficient (Wildman–Crippen LogP) is 5.78. The molecule has 7 nitrogen and oxygen atoms in total. The first kappa shape index (κ1) is 25.1. The van der Waals surface area contributed by atoms with Gasteiger partial charge in [-0.2, -0.15) is 5.10 Å². The monoisotopic (exact) mass is 508 g/mol. The zero-order chi connectivity index (χ0) is 24.2. The Bertz CT molecular complexity index is 1100. The first-order valence-corrected chi connectivity index (χ1v) is 11.9. The number of hydrogen-bond acceptors (Lipinski definition) is 5. The van der Waals surface area contributed by atoms with Crippen molar-refractivity contribution < 1.29 is 14.3 Å². The first-order valence-electron chi connectivity index (χ1n) is 10.3. The van der Waals surface area contributed by atoms with Gasteiger partial charge in [-0.3, -0.25) is 9.48 Å². The molecule has 10 heteroatoms. The maximum Gasteiger partial charge on any atom is 0.407 e. The van der Waals surface area contributed by atoms with Crippen LogP contribution in [0.2, 0.25) is 9.36 Å². The highest BCUT2D eigenvalue weighted by Crippen LogP contribution is 2.41. The summed E-state index contributed by atoms with van der Waals surface area (Å²) >= 11 is 13.9. The van der Waals surface area contributed by atoms with Crippen LogP contribution in [0.5, 0.6) is 0 Å². The summed E-state index contributed by atoms with van der Waals surface area (Å²) in [5, 5.41) is 10.8. The quantitative estimate of drug-likeness (QED) is 0.423. The number of nitrogens with one attached hydrogen (secondary N) is 2. The van der Waals surface area contributed by atoms with E-state index < -0.39 is 17.6 Å². The van der Waals surface area contributed by atoms with E-state index in [1.807, 2.05) is 30.3 Å².